The first-order valence-electron chi connectivity index (χ1n) is 7.47. The maximum Gasteiger partial charge on any atom is 0.317 e. The van der Waals surface area contributed by atoms with Crippen LogP contribution in [0.4, 0.5) is 4.79 Å². The zero-order chi connectivity index (χ0) is 16.1. The maximum absolute atomic E-state index is 12.4. The van der Waals surface area contributed by atoms with Gasteiger partial charge in [0.15, 0.2) is 0 Å². The van der Waals surface area contributed by atoms with Crippen LogP contribution in [-0.2, 0) is 6.42 Å². The van der Waals surface area contributed by atoms with Crippen molar-refractivity contribution in [1.82, 2.24) is 15.2 Å². The molecular formula is C17H23N3OS. The van der Waals surface area contributed by atoms with Gasteiger partial charge in [-0.05, 0) is 45.0 Å². The van der Waals surface area contributed by atoms with Crippen molar-refractivity contribution in [2.24, 2.45) is 0 Å². The molecule has 2 aromatic heterocycles. The maximum atomic E-state index is 12.4. The Morgan fingerprint density at radius 2 is 2.09 bits per heavy atom. The lowest BCUT2D eigenvalue weighted by atomic mass is 10.2. The van der Waals surface area contributed by atoms with Crippen LogP contribution in [0.5, 0.6) is 0 Å². The monoisotopic (exact) mass is 317 g/mol. The van der Waals surface area contributed by atoms with Gasteiger partial charge in [-0.1, -0.05) is 6.07 Å². The minimum atomic E-state index is -0.0704. The smallest absolute Gasteiger partial charge is 0.317 e. The van der Waals surface area contributed by atoms with E-state index >= 15 is 0 Å². The van der Waals surface area contributed by atoms with Gasteiger partial charge in [0.25, 0.3) is 0 Å². The van der Waals surface area contributed by atoms with E-state index in [2.05, 4.69) is 29.4 Å². The van der Waals surface area contributed by atoms with Crippen molar-refractivity contribution in [2.45, 2.75) is 39.3 Å². The van der Waals surface area contributed by atoms with Crippen LogP contribution in [0, 0.1) is 6.92 Å². The summed E-state index contributed by atoms with van der Waals surface area (Å²) in [5.74, 6) is 0. The molecule has 1 N–H and O–H groups in total. The van der Waals surface area contributed by atoms with Crippen molar-refractivity contribution >= 4 is 17.4 Å². The highest BCUT2D eigenvalue weighted by Crippen LogP contribution is 2.18. The highest BCUT2D eigenvalue weighted by Gasteiger charge is 2.19. The third-order valence-electron chi connectivity index (χ3n) is 3.69. The zero-order valence-corrected chi connectivity index (χ0v) is 14.4. The predicted molar refractivity (Wildman–Crippen MR) is 91.2 cm³/mol. The van der Waals surface area contributed by atoms with Gasteiger partial charge in [0.1, 0.15) is 0 Å². The number of aryl methyl sites for hydroxylation is 1. The van der Waals surface area contributed by atoms with E-state index in [0.29, 0.717) is 0 Å². The summed E-state index contributed by atoms with van der Waals surface area (Å²) >= 11 is 1.78. The Morgan fingerprint density at radius 3 is 2.68 bits per heavy atom. The van der Waals surface area contributed by atoms with Crippen LogP contribution < -0.4 is 5.32 Å². The van der Waals surface area contributed by atoms with Gasteiger partial charge in [0, 0.05) is 35.5 Å². The van der Waals surface area contributed by atoms with Crippen LogP contribution in [0.25, 0.3) is 0 Å². The summed E-state index contributed by atoms with van der Waals surface area (Å²) in [6.07, 6.45) is 2.61. The number of carbonyl (C=O) groups excluding carboxylic acids is 1. The lowest BCUT2D eigenvalue weighted by molar-refractivity contribution is 0.190. The molecule has 2 aromatic rings. The van der Waals surface area contributed by atoms with Gasteiger partial charge in [0.2, 0.25) is 0 Å². The second-order valence-corrected chi connectivity index (χ2v) is 6.98. The van der Waals surface area contributed by atoms with Crippen molar-refractivity contribution in [3.63, 3.8) is 0 Å². The summed E-state index contributed by atoms with van der Waals surface area (Å²) in [5.41, 5.74) is 0.890. The standard InChI is InChI=1S/C17H23N3OS/c1-12(11-15-9-8-13(2)22-15)19-17(21)20(4)14(3)16-7-5-6-10-18-16/h5-10,12,14H,11H2,1-4H3,(H,19,21)/t12-,14-/m1/s1. The third kappa shape index (κ3) is 4.31. The van der Waals surface area contributed by atoms with Crippen LogP contribution in [0.3, 0.4) is 0 Å². The Kier molecular flexibility index (Phi) is 5.55. The Bertz CT molecular complexity index is 611. The number of carbonyl (C=O) groups is 1. The van der Waals surface area contributed by atoms with Gasteiger partial charge in [-0.2, -0.15) is 0 Å². The molecule has 2 rings (SSSR count). The Labute approximate surface area is 136 Å². The second kappa shape index (κ2) is 7.40. The van der Waals surface area contributed by atoms with Crippen molar-refractivity contribution in [3.8, 4) is 0 Å². The molecule has 0 fully saturated rings. The van der Waals surface area contributed by atoms with Gasteiger partial charge >= 0.3 is 6.03 Å². The van der Waals surface area contributed by atoms with Crippen molar-refractivity contribution in [1.29, 1.82) is 0 Å². The molecule has 0 saturated carbocycles. The molecule has 0 bridgehead atoms. The van der Waals surface area contributed by atoms with E-state index in [1.54, 1.807) is 29.5 Å². The number of rotatable bonds is 5. The summed E-state index contributed by atoms with van der Waals surface area (Å²) in [4.78, 5) is 21.0. The summed E-state index contributed by atoms with van der Waals surface area (Å²) in [6.45, 7) is 6.11. The molecule has 0 unspecified atom stereocenters. The lowest BCUT2D eigenvalue weighted by Gasteiger charge is -2.26. The first-order valence-corrected chi connectivity index (χ1v) is 8.28. The highest BCUT2D eigenvalue weighted by molar-refractivity contribution is 7.11. The first kappa shape index (κ1) is 16.5. The predicted octanol–water partition coefficient (Wildman–Crippen LogP) is 3.79. The average molecular weight is 317 g/mol. The number of nitrogens with one attached hydrogen (secondary N) is 1. The molecule has 2 heterocycles. The van der Waals surface area contributed by atoms with Gasteiger partial charge in [-0.25, -0.2) is 4.79 Å². The van der Waals surface area contributed by atoms with Crippen LogP contribution >= 0.6 is 11.3 Å². The SMILES string of the molecule is Cc1ccc(C[C@@H](C)NC(=O)N(C)[C@H](C)c2ccccn2)s1. The quantitative estimate of drug-likeness (QED) is 0.912. The lowest BCUT2D eigenvalue weighted by Crippen LogP contribution is -2.43. The first-order chi connectivity index (χ1) is 10.5. The van der Waals surface area contributed by atoms with Crippen molar-refractivity contribution < 1.29 is 4.79 Å². The van der Waals surface area contributed by atoms with Crippen LogP contribution in [0.15, 0.2) is 36.5 Å². The van der Waals surface area contributed by atoms with Gasteiger partial charge in [-0.15, -0.1) is 11.3 Å². The van der Waals surface area contributed by atoms with Gasteiger partial charge in [0.05, 0.1) is 11.7 Å². The number of nitrogens with zero attached hydrogens (tertiary/aromatic N) is 2. The molecule has 0 spiro atoms. The number of aromatic nitrogens is 1. The van der Waals surface area contributed by atoms with E-state index in [-0.39, 0.29) is 18.1 Å². The van der Waals surface area contributed by atoms with E-state index in [4.69, 9.17) is 0 Å². The average Bonchev–Trinajstić information content (AvgIpc) is 2.91. The van der Waals surface area contributed by atoms with Crippen molar-refractivity contribution in [2.75, 3.05) is 7.05 Å². The van der Waals surface area contributed by atoms with Crippen molar-refractivity contribution in [3.05, 3.63) is 52.0 Å². The largest absolute Gasteiger partial charge is 0.335 e. The molecule has 5 heteroatoms. The third-order valence-corrected chi connectivity index (χ3v) is 4.71. The molecule has 0 aliphatic heterocycles. The summed E-state index contributed by atoms with van der Waals surface area (Å²) in [6, 6.07) is 9.97. The molecule has 0 aliphatic rings. The Balaban J connectivity index is 1.90. The molecule has 0 saturated heterocycles. The van der Waals surface area contributed by atoms with Gasteiger partial charge in [-0.3, -0.25) is 4.98 Å². The Hall–Kier alpha value is -1.88. The van der Waals surface area contributed by atoms with E-state index in [1.807, 2.05) is 32.0 Å². The minimum Gasteiger partial charge on any atom is -0.335 e. The van der Waals surface area contributed by atoms with Crippen LogP contribution in [0.1, 0.15) is 35.3 Å². The second-order valence-electron chi connectivity index (χ2n) is 5.61. The number of urea groups is 1. The molecule has 2 atom stereocenters. The van der Waals surface area contributed by atoms with Crippen LogP contribution in [-0.4, -0.2) is 29.0 Å². The Morgan fingerprint density at radius 1 is 1.32 bits per heavy atom. The van der Waals surface area contributed by atoms with Crippen LogP contribution in [0.2, 0.25) is 0 Å². The van der Waals surface area contributed by atoms with E-state index < -0.39 is 0 Å². The summed E-state index contributed by atoms with van der Waals surface area (Å²) in [5, 5.41) is 3.05. The number of thiophene rings is 1. The molecule has 2 amide bonds. The van der Waals surface area contributed by atoms with E-state index in [0.717, 1.165) is 12.1 Å². The molecule has 0 aliphatic carbocycles. The zero-order valence-electron chi connectivity index (χ0n) is 13.5. The van der Waals surface area contributed by atoms with E-state index in [1.165, 1.54) is 9.75 Å². The topological polar surface area (TPSA) is 45.2 Å². The fourth-order valence-electron chi connectivity index (χ4n) is 2.26. The summed E-state index contributed by atoms with van der Waals surface area (Å²) < 4.78 is 0. The molecule has 22 heavy (non-hydrogen) atoms. The fraction of sp³-hybridized carbons (Fsp3) is 0.412. The van der Waals surface area contributed by atoms with E-state index in [9.17, 15) is 4.79 Å². The number of hydrogen-bond donors (Lipinski definition) is 1. The number of pyridine rings is 1. The molecule has 4 nitrogen and oxygen atoms in total. The van der Waals surface area contributed by atoms with Gasteiger partial charge < -0.3 is 10.2 Å². The fourth-order valence-corrected chi connectivity index (χ4v) is 3.28. The normalized spacial score (nSPS) is 13.5. The minimum absolute atomic E-state index is 0.0580. The molecular weight excluding hydrogens is 294 g/mol. The number of amides is 2. The summed E-state index contributed by atoms with van der Waals surface area (Å²) in [7, 11) is 1.80. The molecule has 0 radical (unpaired) electrons. The number of hydrogen-bond acceptors (Lipinski definition) is 3. The highest BCUT2D eigenvalue weighted by atomic mass is 32.1. The molecule has 118 valence electrons. The molecule has 0 aromatic carbocycles.